The Hall–Kier alpha value is -1.17. The van der Waals surface area contributed by atoms with Crippen molar-refractivity contribution in [2.45, 2.75) is 12.8 Å². The summed E-state index contributed by atoms with van der Waals surface area (Å²) in [4.78, 5) is 13.8. The van der Waals surface area contributed by atoms with Gasteiger partial charge >= 0.3 is 5.97 Å². The summed E-state index contributed by atoms with van der Waals surface area (Å²) in [5.41, 5.74) is 5.41. The third kappa shape index (κ3) is 4.66. The molecule has 0 unspecified atom stereocenters. The van der Waals surface area contributed by atoms with E-state index in [1.807, 2.05) is 0 Å². The molecule has 1 aromatic carbocycles. The number of hydrogen-bond acceptors (Lipinski definition) is 3. The summed E-state index contributed by atoms with van der Waals surface area (Å²) in [7, 11) is 0. The van der Waals surface area contributed by atoms with Gasteiger partial charge in [-0.05, 0) is 31.0 Å². The number of esters is 1. The van der Waals surface area contributed by atoms with E-state index in [0.29, 0.717) is 41.7 Å². The third-order valence-electron chi connectivity index (χ3n) is 3.27. The highest BCUT2D eigenvalue weighted by atomic mass is 35.5. The summed E-state index contributed by atoms with van der Waals surface area (Å²) in [6.07, 6.45) is 1.23. The molecule has 116 valence electrons. The molecule has 21 heavy (non-hydrogen) atoms. The molecule has 1 aliphatic rings. The molecule has 3 N–H and O–H groups in total. The Morgan fingerprint density at radius 1 is 1.33 bits per heavy atom. The molecule has 0 bridgehead atoms. The van der Waals surface area contributed by atoms with E-state index in [1.54, 1.807) is 17.0 Å². The summed E-state index contributed by atoms with van der Waals surface area (Å²) >= 11 is 11.7. The smallest absolute Gasteiger partial charge is 0.314 e. The number of rotatable bonds is 2. The molecule has 1 saturated heterocycles. The molecule has 8 heteroatoms. The van der Waals surface area contributed by atoms with E-state index in [2.05, 4.69) is 0 Å². The molecule has 0 aliphatic carbocycles. The third-order valence-corrected chi connectivity index (χ3v) is 3.80. The lowest BCUT2D eigenvalue weighted by Gasteiger charge is -2.30. The van der Waals surface area contributed by atoms with Crippen LogP contribution >= 0.6 is 35.6 Å². The first kappa shape index (κ1) is 17.9. The van der Waals surface area contributed by atoms with Crippen LogP contribution in [0.2, 0.25) is 10.0 Å². The Bertz CT molecular complexity index is 531. The van der Waals surface area contributed by atoms with Crippen LogP contribution in [0.5, 0.6) is 5.75 Å². The van der Waals surface area contributed by atoms with Gasteiger partial charge in [-0.1, -0.05) is 23.2 Å². The van der Waals surface area contributed by atoms with Crippen molar-refractivity contribution >= 4 is 47.5 Å². The minimum absolute atomic E-state index is 0. The van der Waals surface area contributed by atoms with Crippen LogP contribution in [0.3, 0.4) is 0 Å². The number of carbonyl (C=O) groups excluding carboxylic acids is 1. The predicted molar refractivity (Wildman–Crippen MR) is 85.6 cm³/mol. The first-order chi connectivity index (χ1) is 9.47. The van der Waals surface area contributed by atoms with Crippen molar-refractivity contribution in [3.63, 3.8) is 0 Å². The van der Waals surface area contributed by atoms with Crippen LogP contribution in [0.1, 0.15) is 12.8 Å². The van der Waals surface area contributed by atoms with Crippen LogP contribution < -0.4 is 10.5 Å². The average molecular weight is 353 g/mol. The second-order valence-corrected chi connectivity index (χ2v) is 5.49. The molecule has 5 nitrogen and oxygen atoms in total. The normalized spacial score (nSPS) is 15.2. The van der Waals surface area contributed by atoms with Crippen molar-refractivity contribution in [2.24, 2.45) is 11.7 Å². The van der Waals surface area contributed by atoms with Gasteiger partial charge < -0.3 is 15.4 Å². The summed E-state index contributed by atoms with van der Waals surface area (Å²) in [5.74, 6) is -0.151. The minimum Gasteiger partial charge on any atom is -0.425 e. The number of halogens is 3. The Morgan fingerprint density at radius 3 is 2.48 bits per heavy atom. The van der Waals surface area contributed by atoms with Crippen LogP contribution in [0, 0.1) is 11.3 Å². The molecular formula is C13H16Cl3N3O2. The molecule has 1 fully saturated rings. The lowest BCUT2D eigenvalue weighted by Crippen LogP contribution is -2.44. The van der Waals surface area contributed by atoms with E-state index in [4.69, 9.17) is 39.1 Å². The highest BCUT2D eigenvalue weighted by Gasteiger charge is 2.27. The number of ether oxygens (including phenoxy) is 1. The summed E-state index contributed by atoms with van der Waals surface area (Å²) in [5, 5.41) is 8.15. The van der Waals surface area contributed by atoms with Gasteiger partial charge in [0.2, 0.25) is 0 Å². The fraction of sp³-hybridized carbons (Fsp3) is 0.385. The minimum atomic E-state index is -0.308. The number of nitrogens with two attached hydrogens (primary N) is 1. The fourth-order valence-electron chi connectivity index (χ4n) is 2.11. The van der Waals surface area contributed by atoms with Crippen LogP contribution in [0.15, 0.2) is 18.2 Å². The Labute approximate surface area is 139 Å². The largest absolute Gasteiger partial charge is 0.425 e. The predicted octanol–water partition coefficient (Wildman–Crippen LogP) is 2.93. The van der Waals surface area contributed by atoms with Gasteiger partial charge in [-0.25, -0.2) is 0 Å². The van der Waals surface area contributed by atoms with Crippen LogP contribution in [0.4, 0.5) is 0 Å². The molecule has 2 rings (SSSR count). The van der Waals surface area contributed by atoms with Gasteiger partial charge in [0.1, 0.15) is 5.75 Å². The highest BCUT2D eigenvalue weighted by Crippen LogP contribution is 2.29. The molecule has 0 aromatic heterocycles. The van der Waals surface area contributed by atoms with Gasteiger partial charge in [-0.3, -0.25) is 10.2 Å². The first-order valence-electron chi connectivity index (χ1n) is 6.23. The monoisotopic (exact) mass is 351 g/mol. The number of nitrogens with one attached hydrogen (secondary N) is 1. The van der Waals surface area contributed by atoms with Crippen LogP contribution in [-0.2, 0) is 4.79 Å². The Morgan fingerprint density at radius 2 is 1.95 bits per heavy atom. The average Bonchev–Trinajstić information content (AvgIpc) is 2.42. The van der Waals surface area contributed by atoms with E-state index in [0.717, 1.165) is 0 Å². The second-order valence-electron chi connectivity index (χ2n) is 4.64. The van der Waals surface area contributed by atoms with Crippen LogP contribution in [-0.4, -0.2) is 29.9 Å². The van der Waals surface area contributed by atoms with Crippen LogP contribution in [0.25, 0.3) is 0 Å². The highest BCUT2D eigenvalue weighted by molar-refractivity contribution is 6.35. The molecule has 1 aliphatic heterocycles. The maximum atomic E-state index is 12.1. The van der Waals surface area contributed by atoms with Crippen molar-refractivity contribution in [3.8, 4) is 5.75 Å². The zero-order valence-electron chi connectivity index (χ0n) is 11.1. The zero-order chi connectivity index (χ0) is 14.7. The topological polar surface area (TPSA) is 79.4 Å². The number of likely N-dealkylation sites (tertiary alicyclic amines) is 1. The van der Waals surface area contributed by atoms with Gasteiger partial charge in [0.15, 0.2) is 5.96 Å². The number of nitrogens with zero attached hydrogens (tertiary/aromatic N) is 1. The molecular weight excluding hydrogens is 337 g/mol. The molecule has 0 atom stereocenters. The SMILES string of the molecule is Cl.N=C(N)N1CCC(C(=O)Oc2ccc(Cl)cc2Cl)CC1. The number of hydrogen-bond donors (Lipinski definition) is 2. The number of guanidine groups is 1. The second kappa shape index (κ2) is 7.73. The fourth-order valence-corrected chi connectivity index (χ4v) is 2.55. The summed E-state index contributed by atoms with van der Waals surface area (Å²) < 4.78 is 5.30. The number of piperidine rings is 1. The van der Waals surface area contributed by atoms with E-state index >= 15 is 0 Å². The Balaban J connectivity index is 0.00000220. The van der Waals surface area contributed by atoms with Gasteiger partial charge in [0.25, 0.3) is 0 Å². The molecule has 0 saturated carbocycles. The molecule has 1 aromatic rings. The van der Waals surface area contributed by atoms with E-state index in [9.17, 15) is 4.79 Å². The zero-order valence-corrected chi connectivity index (χ0v) is 13.5. The van der Waals surface area contributed by atoms with E-state index in [-0.39, 0.29) is 30.3 Å². The van der Waals surface area contributed by atoms with E-state index < -0.39 is 0 Å². The molecule has 0 amide bonds. The van der Waals surface area contributed by atoms with E-state index in [1.165, 1.54) is 6.07 Å². The lowest BCUT2D eigenvalue weighted by molar-refractivity contribution is -0.140. The number of carbonyl (C=O) groups is 1. The van der Waals surface area contributed by atoms with Crippen molar-refractivity contribution in [1.82, 2.24) is 4.90 Å². The Kier molecular flexibility index (Phi) is 6.58. The van der Waals surface area contributed by atoms with Crippen molar-refractivity contribution in [3.05, 3.63) is 28.2 Å². The standard InChI is InChI=1S/C13H15Cl2N3O2.ClH/c14-9-1-2-11(10(15)7-9)20-12(19)8-3-5-18(6-4-8)13(16)17;/h1-2,7-8H,3-6H2,(H3,16,17);1H. The quantitative estimate of drug-likeness (QED) is 0.371. The van der Waals surface area contributed by atoms with Crippen molar-refractivity contribution in [1.29, 1.82) is 5.41 Å². The maximum Gasteiger partial charge on any atom is 0.314 e. The summed E-state index contributed by atoms with van der Waals surface area (Å²) in [6.45, 7) is 1.17. The molecule has 0 radical (unpaired) electrons. The van der Waals surface area contributed by atoms with Gasteiger partial charge in [0, 0.05) is 18.1 Å². The van der Waals surface area contributed by atoms with Gasteiger partial charge in [-0.2, -0.15) is 0 Å². The van der Waals surface area contributed by atoms with Crippen molar-refractivity contribution < 1.29 is 9.53 Å². The van der Waals surface area contributed by atoms with Gasteiger partial charge in [0.05, 0.1) is 10.9 Å². The molecule has 1 heterocycles. The maximum absolute atomic E-state index is 12.1. The molecule has 0 spiro atoms. The summed E-state index contributed by atoms with van der Waals surface area (Å²) in [6, 6.07) is 4.73. The lowest BCUT2D eigenvalue weighted by atomic mass is 9.97. The van der Waals surface area contributed by atoms with Gasteiger partial charge in [-0.15, -0.1) is 12.4 Å². The number of benzene rings is 1. The van der Waals surface area contributed by atoms with Crippen molar-refractivity contribution in [2.75, 3.05) is 13.1 Å². The first-order valence-corrected chi connectivity index (χ1v) is 6.98.